The zero-order chi connectivity index (χ0) is 22.8. The predicted octanol–water partition coefficient (Wildman–Crippen LogP) is 6.17. The molecule has 2 aliphatic carbocycles. The van der Waals surface area contributed by atoms with Crippen molar-refractivity contribution < 1.29 is 5.11 Å². The molecule has 0 bridgehead atoms. The van der Waals surface area contributed by atoms with Crippen molar-refractivity contribution in [3.8, 4) is 5.69 Å². The molecule has 0 amide bonds. The Labute approximate surface area is 198 Å². The lowest BCUT2D eigenvalue weighted by Gasteiger charge is -2.33. The van der Waals surface area contributed by atoms with Crippen LogP contribution in [0.5, 0.6) is 0 Å². The Bertz CT molecular complexity index is 1370. The van der Waals surface area contributed by atoms with E-state index in [0.717, 1.165) is 62.0 Å². The third-order valence-electron chi connectivity index (χ3n) is 8.35. The number of aromatic nitrogens is 2. The van der Waals surface area contributed by atoms with Gasteiger partial charge in [-0.05, 0) is 72.4 Å². The third kappa shape index (κ3) is 3.07. The Morgan fingerprint density at radius 2 is 1.94 bits per heavy atom. The lowest BCUT2D eigenvalue weighted by molar-refractivity contribution is 0.133. The highest BCUT2D eigenvalue weighted by molar-refractivity contribution is 6.35. The maximum atomic E-state index is 13.1. The smallest absolute Gasteiger partial charge is 0.282 e. The zero-order valence-electron chi connectivity index (χ0n) is 19.0. The van der Waals surface area contributed by atoms with Crippen LogP contribution in [-0.2, 0) is 5.41 Å². The average molecular weight is 461 g/mol. The number of hydrogen-bond donors (Lipinski definition) is 1. The average Bonchev–Trinajstić information content (AvgIpc) is 3.09. The van der Waals surface area contributed by atoms with Crippen molar-refractivity contribution >= 4 is 28.1 Å². The van der Waals surface area contributed by atoms with Gasteiger partial charge < -0.3 is 5.11 Å². The van der Waals surface area contributed by atoms with Crippen molar-refractivity contribution in [3.05, 3.63) is 74.8 Å². The number of aliphatic hydroxyl groups is 1. The van der Waals surface area contributed by atoms with Gasteiger partial charge in [0.25, 0.3) is 5.56 Å². The van der Waals surface area contributed by atoms with E-state index in [4.69, 9.17) is 11.6 Å². The Hall–Kier alpha value is -2.43. The van der Waals surface area contributed by atoms with Crippen LogP contribution in [-0.4, -0.2) is 21.3 Å². The summed E-state index contributed by atoms with van der Waals surface area (Å²) in [7, 11) is 0. The van der Waals surface area contributed by atoms with E-state index in [1.807, 2.05) is 12.1 Å². The summed E-state index contributed by atoms with van der Waals surface area (Å²) in [4.78, 5) is 17.8. The first kappa shape index (κ1) is 21.1. The van der Waals surface area contributed by atoms with Gasteiger partial charge in [0.1, 0.15) is 5.82 Å². The summed E-state index contributed by atoms with van der Waals surface area (Å²) in [6.07, 6.45) is 10.7. The summed E-state index contributed by atoms with van der Waals surface area (Å²) >= 11 is 6.48. The molecule has 1 unspecified atom stereocenters. The molecule has 1 aliphatic heterocycles. The number of fused-ring (bicyclic) bond motifs is 7. The van der Waals surface area contributed by atoms with Crippen molar-refractivity contribution in [2.45, 2.75) is 63.7 Å². The van der Waals surface area contributed by atoms with Gasteiger partial charge in [-0.25, -0.2) is 0 Å². The summed E-state index contributed by atoms with van der Waals surface area (Å²) in [5.74, 6) is 0.889. The largest absolute Gasteiger partial charge is 0.396 e. The van der Waals surface area contributed by atoms with Crippen LogP contribution in [0.15, 0.2) is 47.3 Å². The van der Waals surface area contributed by atoms with Crippen LogP contribution in [0.3, 0.4) is 0 Å². The molecule has 4 nitrogen and oxygen atoms in total. The van der Waals surface area contributed by atoms with Crippen LogP contribution in [0, 0.1) is 5.41 Å². The summed E-state index contributed by atoms with van der Waals surface area (Å²) in [5.41, 5.74) is 5.41. The molecule has 33 heavy (non-hydrogen) atoms. The highest BCUT2D eigenvalue weighted by atomic mass is 35.5. The Morgan fingerprint density at radius 1 is 1.12 bits per heavy atom. The molecule has 2 heterocycles. The summed E-state index contributed by atoms with van der Waals surface area (Å²) in [6, 6.07) is 12.5. The number of hydrogen-bond acceptors (Lipinski definition) is 3. The lowest BCUT2D eigenvalue weighted by atomic mass is 9.69. The molecule has 1 atom stereocenters. The molecule has 170 valence electrons. The van der Waals surface area contributed by atoms with E-state index >= 15 is 0 Å². The van der Waals surface area contributed by atoms with E-state index in [2.05, 4.69) is 40.7 Å². The predicted molar refractivity (Wildman–Crippen MR) is 133 cm³/mol. The van der Waals surface area contributed by atoms with Crippen molar-refractivity contribution in [2.75, 3.05) is 6.61 Å². The molecule has 6 rings (SSSR count). The van der Waals surface area contributed by atoms with Crippen molar-refractivity contribution in [1.29, 1.82) is 0 Å². The number of allylic oxidation sites excluding steroid dienone is 2. The van der Waals surface area contributed by atoms with Gasteiger partial charge in [-0.3, -0.25) is 9.36 Å². The molecule has 5 heteroatoms. The highest BCUT2D eigenvalue weighted by Crippen LogP contribution is 2.52. The third-order valence-corrected chi connectivity index (χ3v) is 8.66. The van der Waals surface area contributed by atoms with Gasteiger partial charge in [-0.2, -0.15) is 4.98 Å². The molecular weight excluding hydrogens is 432 g/mol. The molecule has 0 saturated heterocycles. The van der Waals surface area contributed by atoms with E-state index in [1.54, 1.807) is 6.07 Å². The minimum Gasteiger partial charge on any atom is -0.396 e. The fourth-order valence-electron chi connectivity index (χ4n) is 6.30. The molecule has 1 saturated carbocycles. The van der Waals surface area contributed by atoms with Gasteiger partial charge in [0.05, 0.1) is 27.0 Å². The van der Waals surface area contributed by atoms with Gasteiger partial charge in [-0.1, -0.05) is 62.1 Å². The van der Waals surface area contributed by atoms with Crippen LogP contribution >= 0.6 is 11.6 Å². The molecular formula is C28H29ClN2O2. The molecule has 1 N–H and O–H groups in total. The molecule has 1 spiro atoms. The molecule has 0 radical (unpaired) electrons. The molecule has 3 aromatic rings. The van der Waals surface area contributed by atoms with Crippen molar-refractivity contribution in [3.63, 3.8) is 0 Å². The maximum absolute atomic E-state index is 13.1. The fraction of sp³-hybridized carbons (Fsp3) is 0.429. The Kier molecular flexibility index (Phi) is 4.83. The monoisotopic (exact) mass is 460 g/mol. The Morgan fingerprint density at radius 3 is 2.67 bits per heavy atom. The quantitative estimate of drug-likeness (QED) is 0.497. The highest BCUT2D eigenvalue weighted by Gasteiger charge is 2.46. The van der Waals surface area contributed by atoms with E-state index < -0.39 is 0 Å². The van der Waals surface area contributed by atoms with Gasteiger partial charge in [0, 0.05) is 6.61 Å². The number of halogens is 1. The van der Waals surface area contributed by atoms with E-state index in [0.29, 0.717) is 10.4 Å². The number of nitrogens with zero attached hydrogens (tertiary/aromatic N) is 2. The standard InChI is InChI=1S/C28H29ClN2O2/c1-27(17-32)14-10-18(11-15-27)19-8-9-20-23(16-19)31-22-7-5-6-21(29)24(22)25(33)30-26(31)28(20)12-3-2-4-13-28/h5-10,16,32H,2-4,11-15,17H2,1H3. The number of benzene rings is 2. The molecule has 1 aromatic heterocycles. The van der Waals surface area contributed by atoms with E-state index in [1.165, 1.54) is 23.1 Å². The summed E-state index contributed by atoms with van der Waals surface area (Å²) in [5, 5.41) is 10.7. The number of aliphatic hydroxyl groups excluding tert-OH is 1. The van der Waals surface area contributed by atoms with Gasteiger partial charge in [0.15, 0.2) is 0 Å². The second-order valence-corrected chi connectivity index (χ2v) is 10.9. The first-order valence-electron chi connectivity index (χ1n) is 12.1. The minimum atomic E-state index is -0.224. The van der Waals surface area contributed by atoms with Gasteiger partial charge in [-0.15, -0.1) is 0 Å². The fourth-order valence-corrected chi connectivity index (χ4v) is 6.55. The van der Waals surface area contributed by atoms with Crippen LogP contribution in [0.25, 0.3) is 22.2 Å². The molecule has 1 fully saturated rings. The second kappa shape index (κ2) is 7.54. The van der Waals surface area contributed by atoms with Crippen molar-refractivity contribution in [2.24, 2.45) is 5.41 Å². The first-order valence-corrected chi connectivity index (χ1v) is 12.5. The van der Waals surface area contributed by atoms with E-state index in [9.17, 15) is 9.90 Å². The molecule has 2 aromatic carbocycles. The number of rotatable bonds is 2. The minimum absolute atomic E-state index is 0.0187. The van der Waals surface area contributed by atoms with E-state index in [-0.39, 0.29) is 23.0 Å². The van der Waals surface area contributed by atoms with Crippen LogP contribution < -0.4 is 5.56 Å². The summed E-state index contributed by atoms with van der Waals surface area (Å²) in [6.45, 7) is 2.38. The normalized spacial score (nSPS) is 23.4. The first-order chi connectivity index (χ1) is 16.0. The molecule has 3 aliphatic rings. The second-order valence-electron chi connectivity index (χ2n) is 10.5. The maximum Gasteiger partial charge on any atom is 0.282 e. The van der Waals surface area contributed by atoms with Crippen LogP contribution in [0.4, 0.5) is 0 Å². The summed E-state index contributed by atoms with van der Waals surface area (Å²) < 4.78 is 2.22. The lowest BCUT2D eigenvalue weighted by Crippen LogP contribution is -2.32. The van der Waals surface area contributed by atoms with Gasteiger partial charge in [0.2, 0.25) is 0 Å². The van der Waals surface area contributed by atoms with Crippen LogP contribution in [0.2, 0.25) is 5.02 Å². The SMILES string of the molecule is CC1(CO)CC=C(c2ccc3c(c2)-n2c(nc(=O)c4c(Cl)cccc42)C32CCCCC2)CC1. The Balaban J connectivity index is 1.59. The zero-order valence-corrected chi connectivity index (χ0v) is 19.8. The van der Waals surface area contributed by atoms with Crippen LogP contribution in [0.1, 0.15) is 75.2 Å². The van der Waals surface area contributed by atoms with Crippen molar-refractivity contribution in [1.82, 2.24) is 9.55 Å². The van der Waals surface area contributed by atoms with Gasteiger partial charge >= 0.3 is 0 Å². The topological polar surface area (TPSA) is 55.1 Å².